The molecule has 1 aliphatic rings. The maximum absolute atomic E-state index is 9.74. The second kappa shape index (κ2) is 7.12. The second-order valence-corrected chi connectivity index (χ2v) is 4.67. The van der Waals surface area contributed by atoms with Crippen LogP contribution < -0.4 is 0 Å². The van der Waals surface area contributed by atoms with Crippen molar-refractivity contribution < 1.29 is 29.9 Å². The predicted molar refractivity (Wildman–Crippen MR) is 69.3 cm³/mol. The first-order valence-electron chi connectivity index (χ1n) is 6.48. The molecule has 4 atom stereocenters. The normalized spacial score (nSPS) is 31.4. The third kappa shape index (κ3) is 3.54. The molecule has 1 heterocycles. The molecular weight excluding hydrogens is 264 g/mol. The summed E-state index contributed by atoms with van der Waals surface area (Å²) in [5.41, 5.74) is 1.07. The lowest BCUT2D eigenvalue weighted by Crippen LogP contribution is -2.56. The maximum Gasteiger partial charge on any atom is 0.256 e. The van der Waals surface area contributed by atoms with Crippen molar-refractivity contribution in [1.82, 2.24) is 0 Å². The number of aliphatic hydroxyl groups excluding tert-OH is 4. The topological polar surface area (TPSA) is 99.4 Å². The number of benzene rings is 1. The van der Waals surface area contributed by atoms with E-state index < -0.39 is 31.0 Å². The highest BCUT2D eigenvalue weighted by Gasteiger charge is 2.45. The number of aliphatic hydroxyl groups is 4. The summed E-state index contributed by atoms with van der Waals surface area (Å²) in [6.07, 6.45) is -4.77. The van der Waals surface area contributed by atoms with E-state index in [1.54, 1.807) is 0 Å². The standard InChI is InChI=1S/C14H19O6/c15-8-10-11(16)12(17)13(18)14(20-10)19-7-6-9-4-2-1-3-5-9/h1-5,10-13,15-18H,6-8H2/t10-,11-,12+,13+/m1/s1. The van der Waals surface area contributed by atoms with E-state index in [-0.39, 0.29) is 12.9 Å². The first-order valence-corrected chi connectivity index (χ1v) is 6.48. The van der Waals surface area contributed by atoms with Crippen molar-refractivity contribution in [2.75, 3.05) is 13.2 Å². The van der Waals surface area contributed by atoms with Crippen molar-refractivity contribution in [2.24, 2.45) is 0 Å². The lowest BCUT2D eigenvalue weighted by molar-refractivity contribution is -0.242. The van der Waals surface area contributed by atoms with Crippen molar-refractivity contribution in [1.29, 1.82) is 0 Å². The summed E-state index contributed by atoms with van der Waals surface area (Å²) in [5, 5.41) is 38.0. The van der Waals surface area contributed by atoms with Gasteiger partial charge in [-0.1, -0.05) is 30.3 Å². The van der Waals surface area contributed by atoms with Gasteiger partial charge >= 0.3 is 0 Å². The molecule has 0 aromatic heterocycles. The summed E-state index contributed by atoms with van der Waals surface area (Å²) in [7, 11) is 0. The summed E-state index contributed by atoms with van der Waals surface area (Å²) in [6, 6.07) is 9.63. The first kappa shape index (κ1) is 15.4. The van der Waals surface area contributed by atoms with Crippen LogP contribution in [0.15, 0.2) is 30.3 Å². The molecule has 6 nitrogen and oxygen atoms in total. The van der Waals surface area contributed by atoms with Crippen molar-refractivity contribution in [3.8, 4) is 0 Å². The molecule has 1 fully saturated rings. The monoisotopic (exact) mass is 283 g/mol. The third-order valence-corrected chi connectivity index (χ3v) is 3.22. The van der Waals surface area contributed by atoms with Crippen LogP contribution in [0.4, 0.5) is 0 Å². The van der Waals surface area contributed by atoms with Gasteiger partial charge in [-0.25, -0.2) is 0 Å². The van der Waals surface area contributed by atoms with Gasteiger partial charge in [0.05, 0.1) is 13.2 Å². The van der Waals surface area contributed by atoms with Gasteiger partial charge in [-0.2, -0.15) is 0 Å². The number of rotatable bonds is 5. The van der Waals surface area contributed by atoms with Crippen LogP contribution in [0.25, 0.3) is 0 Å². The van der Waals surface area contributed by atoms with Gasteiger partial charge in [0.2, 0.25) is 0 Å². The van der Waals surface area contributed by atoms with Crippen LogP contribution in [0.3, 0.4) is 0 Å². The molecule has 0 amide bonds. The van der Waals surface area contributed by atoms with Gasteiger partial charge in [-0.05, 0) is 12.0 Å². The van der Waals surface area contributed by atoms with Crippen molar-refractivity contribution in [2.45, 2.75) is 30.8 Å². The van der Waals surface area contributed by atoms with Crippen LogP contribution in [0.2, 0.25) is 0 Å². The zero-order chi connectivity index (χ0) is 14.5. The summed E-state index contributed by atoms with van der Waals surface area (Å²) >= 11 is 0. The molecule has 111 valence electrons. The average Bonchev–Trinajstić information content (AvgIpc) is 2.48. The highest BCUT2D eigenvalue weighted by Crippen LogP contribution is 2.27. The molecule has 0 bridgehead atoms. The van der Waals surface area contributed by atoms with Gasteiger partial charge in [0.15, 0.2) is 0 Å². The Bertz CT molecular complexity index is 396. The molecule has 0 spiro atoms. The fourth-order valence-corrected chi connectivity index (χ4v) is 2.01. The van der Waals surface area contributed by atoms with E-state index in [1.165, 1.54) is 0 Å². The first-order chi connectivity index (χ1) is 9.63. The van der Waals surface area contributed by atoms with Crippen molar-refractivity contribution in [3.05, 3.63) is 42.2 Å². The van der Waals surface area contributed by atoms with Gasteiger partial charge < -0.3 is 29.9 Å². The molecule has 0 unspecified atom stereocenters. The van der Waals surface area contributed by atoms with Crippen molar-refractivity contribution >= 4 is 0 Å². The number of hydrogen-bond acceptors (Lipinski definition) is 6. The molecule has 2 rings (SSSR count). The third-order valence-electron chi connectivity index (χ3n) is 3.22. The lowest BCUT2D eigenvalue weighted by Gasteiger charge is -2.38. The Balaban J connectivity index is 1.85. The minimum absolute atomic E-state index is 0.169. The Labute approximate surface area is 117 Å². The van der Waals surface area contributed by atoms with Gasteiger partial charge in [-0.3, -0.25) is 0 Å². The van der Waals surface area contributed by atoms with E-state index in [4.69, 9.17) is 14.6 Å². The lowest BCUT2D eigenvalue weighted by atomic mass is 9.99. The van der Waals surface area contributed by atoms with Crippen LogP contribution in [0.1, 0.15) is 5.56 Å². The van der Waals surface area contributed by atoms with Crippen molar-refractivity contribution in [3.63, 3.8) is 0 Å². The predicted octanol–water partition coefficient (Wildman–Crippen LogP) is -0.791. The Hall–Kier alpha value is -1.02. The molecule has 4 N–H and O–H groups in total. The molecule has 0 aliphatic carbocycles. The molecule has 1 radical (unpaired) electrons. The largest absolute Gasteiger partial charge is 0.394 e. The maximum atomic E-state index is 9.74. The van der Waals surface area contributed by atoms with Gasteiger partial charge in [-0.15, -0.1) is 0 Å². The SMILES string of the molecule is OC[C@H]1O[C](OCCc2ccccc2)[C@@H](O)[C@@H](O)[C@@H]1O. The van der Waals surface area contributed by atoms with E-state index in [0.29, 0.717) is 6.42 Å². The molecule has 1 saturated heterocycles. The van der Waals surface area contributed by atoms with Gasteiger partial charge in [0.1, 0.15) is 24.4 Å². The summed E-state index contributed by atoms with van der Waals surface area (Å²) in [6.45, 7) is -0.214. The summed E-state index contributed by atoms with van der Waals surface area (Å²) in [4.78, 5) is 0. The molecular formula is C14H19O6. The van der Waals surface area contributed by atoms with Crippen LogP contribution in [0.5, 0.6) is 0 Å². The average molecular weight is 283 g/mol. The van der Waals surface area contributed by atoms with Gasteiger partial charge in [0, 0.05) is 0 Å². The Morgan fingerprint density at radius 1 is 1.05 bits per heavy atom. The second-order valence-electron chi connectivity index (χ2n) is 4.67. The fourth-order valence-electron chi connectivity index (χ4n) is 2.01. The van der Waals surface area contributed by atoms with Crippen LogP contribution in [-0.2, 0) is 15.9 Å². The summed E-state index contributed by atoms with van der Waals surface area (Å²) < 4.78 is 10.5. The van der Waals surface area contributed by atoms with Crippen LogP contribution >= 0.6 is 0 Å². The van der Waals surface area contributed by atoms with Crippen LogP contribution in [-0.4, -0.2) is 58.1 Å². The molecule has 1 aromatic carbocycles. The van der Waals surface area contributed by atoms with Gasteiger partial charge in [0.25, 0.3) is 6.29 Å². The minimum atomic E-state index is -1.44. The zero-order valence-corrected chi connectivity index (χ0v) is 10.9. The Kier molecular flexibility index (Phi) is 5.47. The Morgan fingerprint density at radius 2 is 1.75 bits per heavy atom. The number of hydrogen-bond donors (Lipinski definition) is 4. The number of ether oxygens (including phenoxy) is 2. The highest BCUT2D eigenvalue weighted by molar-refractivity contribution is 5.14. The van der Waals surface area contributed by atoms with Crippen LogP contribution in [0, 0.1) is 6.29 Å². The summed E-state index contributed by atoms with van der Waals surface area (Å²) in [5.74, 6) is 0. The molecule has 6 heteroatoms. The molecule has 0 saturated carbocycles. The smallest absolute Gasteiger partial charge is 0.256 e. The quantitative estimate of drug-likeness (QED) is 0.565. The van der Waals surface area contributed by atoms with E-state index in [2.05, 4.69) is 0 Å². The molecule has 1 aromatic rings. The molecule has 1 aliphatic heterocycles. The molecule has 20 heavy (non-hydrogen) atoms. The van der Waals surface area contributed by atoms with E-state index in [1.807, 2.05) is 30.3 Å². The highest BCUT2D eigenvalue weighted by atomic mass is 16.7. The Morgan fingerprint density at radius 3 is 2.40 bits per heavy atom. The minimum Gasteiger partial charge on any atom is -0.394 e. The fraction of sp³-hybridized carbons (Fsp3) is 0.500. The van der Waals surface area contributed by atoms with E-state index >= 15 is 0 Å². The van der Waals surface area contributed by atoms with E-state index in [0.717, 1.165) is 5.56 Å². The van der Waals surface area contributed by atoms with E-state index in [9.17, 15) is 15.3 Å². The zero-order valence-electron chi connectivity index (χ0n) is 10.9.